The highest BCUT2D eigenvalue weighted by atomic mass is 16.1. The topological polar surface area (TPSA) is 29.1 Å². The van der Waals surface area contributed by atoms with Crippen LogP contribution in [0.5, 0.6) is 0 Å². The van der Waals surface area contributed by atoms with Crippen molar-refractivity contribution >= 4 is 5.78 Å². The molecular weight excluding hydrogens is 102 g/mol. The maximum Gasteiger partial charge on any atom is 0.160 e. The summed E-state index contributed by atoms with van der Waals surface area (Å²) in [7, 11) is 0. The van der Waals surface area contributed by atoms with E-state index in [-0.39, 0.29) is 5.78 Å². The van der Waals surface area contributed by atoms with Gasteiger partial charge in [-0.05, 0) is 12.3 Å². The first-order chi connectivity index (χ1) is 3.89. The Morgan fingerprint density at radius 3 is 3.25 bits per heavy atom. The fourth-order valence-corrected chi connectivity index (χ4v) is 0.508. The molecule has 8 heavy (non-hydrogen) atoms. The second-order valence-corrected chi connectivity index (χ2v) is 1.57. The molecule has 42 valence electrons. The highest BCUT2D eigenvalue weighted by molar-refractivity contribution is 5.90. The number of ketones is 1. The molecule has 0 amide bonds. The summed E-state index contributed by atoms with van der Waals surface area (Å²) in [6.07, 6.45) is 7.22. The van der Waals surface area contributed by atoms with Crippen molar-refractivity contribution in [3.63, 3.8) is 0 Å². The van der Waals surface area contributed by atoms with Gasteiger partial charge < -0.3 is 5.32 Å². The minimum absolute atomic E-state index is 0.145. The summed E-state index contributed by atoms with van der Waals surface area (Å²) in [5.74, 6) is 0.145. The highest BCUT2D eigenvalue weighted by Gasteiger charge is 1.92. The Morgan fingerprint density at radius 1 is 1.50 bits per heavy atom. The van der Waals surface area contributed by atoms with Gasteiger partial charge in [-0.3, -0.25) is 4.79 Å². The first-order valence-electron chi connectivity index (χ1n) is 2.50. The zero-order chi connectivity index (χ0) is 5.82. The molecule has 1 aliphatic heterocycles. The summed E-state index contributed by atoms with van der Waals surface area (Å²) >= 11 is 0. The van der Waals surface area contributed by atoms with Crippen LogP contribution in [0.1, 0.15) is 6.42 Å². The Labute approximate surface area is 47.9 Å². The molecular formula is C6H7NO. The zero-order valence-corrected chi connectivity index (χ0v) is 4.42. The molecule has 2 heteroatoms. The van der Waals surface area contributed by atoms with E-state index in [1.54, 1.807) is 18.5 Å². The number of rotatable bonds is 0. The van der Waals surface area contributed by atoms with Gasteiger partial charge in [0.2, 0.25) is 0 Å². The number of nitrogens with one attached hydrogen (secondary N) is 1. The summed E-state index contributed by atoms with van der Waals surface area (Å²) in [6.45, 7) is 0. The van der Waals surface area contributed by atoms with E-state index < -0.39 is 0 Å². The Kier molecular flexibility index (Phi) is 1.47. The van der Waals surface area contributed by atoms with Crippen molar-refractivity contribution in [3.8, 4) is 0 Å². The Balaban J connectivity index is 2.61. The SMILES string of the molecule is O=C1C=CNC=CC1. The molecule has 2 nitrogen and oxygen atoms in total. The Bertz CT molecular complexity index is 147. The zero-order valence-electron chi connectivity index (χ0n) is 4.42. The van der Waals surface area contributed by atoms with Crippen molar-refractivity contribution in [2.75, 3.05) is 0 Å². The average Bonchev–Trinajstić information content (AvgIpc) is 1.94. The fraction of sp³-hybridized carbons (Fsp3) is 0.167. The van der Waals surface area contributed by atoms with Crippen molar-refractivity contribution < 1.29 is 4.79 Å². The lowest BCUT2D eigenvalue weighted by Gasteiger charge is -1.78. The van der Waals surface area contributed by atoms with Gasteiger partial charge in [-0.2, -0.15) is 0 Å². The molecule has 0 aromatic rings. The van der Waals surface area contributed by atoms with Gasteiger partial charge in [0, 0.05) is 12.6 Å². The van der Waals surface area contributed by atoms with Gasteiger partial charge in [0.05, 0.1) is 0 Å². The molecule has 0 fully saturated rings. The van der Waals surface area contributed by atoms with Crippen LogP contribution >= 0.6 is 0 Å². The Morgan fingerprint density at radius 2 is 2.38 bits per heavy atom. The monoisotopic (exact) mass is 109 g/mol. The summed E-state index contributed by atoms with van der Waals surface area (Å²) in [4.78, 5) is 10.5. The van der Waals surface area contributed by atoms with E-state index in [1.807, 2.05) is 0 Å². The maximum atomic E-state index is 10.5. The van der Waals surface area contributed by atoms with Crippen LogP contribution in [0.3, 0.4) is 0 Å². The number of hydrogen-bond acceptors (Lipinski definition) is 2. The predicted octanol–water partition coefficient (Wildman–Crippen LogP) is 0.576. The first-order valence-corrected chi connectivity index (χ1v) is 2.50. The molecule has 0 saturated carbocycles. The van der Waals surface area contributed by atoms with E-state index in [0.29, 0.717) is 6.42 Å². The molecule has 0 bridgehead atoms. The fourth-order valence-electron chi connectivity index (χ4n) is 0.508. The van der Waals surface area contributed by atoms with Crippen molar-refractivity contribution in [3.05, 3.63) is 24.6 Å². The summed E-state index contributed by atoms with van der Waals surface area (Å²) in [5, 5.41) is 2.80. The molecule has 0 aromatic heterocycles. The third-order valence-electron chi connectivity index (χ3n) is 0.899. The third kappa shape index (κ3) is 1.22. The van der Waals surface area contributed by atoms with Gasteiger partial charge in [0.15, 0.2) is 5.78 Å². The number of carbonyl (C=O) groups excluding carboxylic acids is 1. The van der Waals surface area contributed by atoms with E-state index in [9.17, 15) is 4.79 Å². The van der Waals surface area contributed by atoms with Crippen molar-refractivity contribution in [2.24, 2.45) is 0 Å². The van der Waals surface area contributed by atoms with E-state index >= 15 is 0 Å². The van der Waals surface area contributed by atoms with Crippen molar-refractivity contribution in [1.82, 2.24) is 5.32 Å². The predicted molar refractivity (Wildman–Crippen MR) is 31.0 cm³/mol. The molecule has 0 atom stereocenters. The van der Waals surface area contributed by atoms with E-state index in [1.165, 1.54) is 6.08 Å². The molecule has 0 unspecified atom stereocenters. The molecule has 0 aromatic carbocycles. The summed E-state index contributed by atoms with van der Waals surface area (Å²) in [5.41, 5.74) is 0. The molecule has 1 rings (SSSR count). The van der Waals surface area contributed by atoms with E-state index in [2.05, 4.69) is 5.32 Å². The maximum absolute atomic E-state index is 10.5. The van der Waals surface area contributed by atoms with Crippen molar-refractivity contribution in [1.29, 1.82) is 0 Å². The molecule has 1 N–H and O–H groups in total. The Hall–Kier alpha value is -1.05. The largest absolute Gasteiger partial charge is 0.368 e. The van der Waals surface area contributed by atoms with Gasteiger partial charge >= 0.3 is 0 Å². The lowest BCUT2D eigenvalue weighted by molar-refractivity contribution is -0.113. The van der Waals surface area contributed by atoms with Gasteiger partial charge in [-0.15, -0.1) is 0 Å². The molecule has 1 aliphatic rings. The molecule has 1 heterocycles. The second kappa shape index (κ2) is 2.31. The van der Waals surface area contributed by atoms with Crippen LogP contribution in [0.4, 0.5) is 0 Å². The second-order valence-electron chi connectivity index (χ2n) is 1.57. The number of carbonyl (C=O) groups is 1. The van der Waals surface area contributed by atoms with E-state index in [4.69, 9.17) is 0 Å². The normalized spacial score (nSPS) is 17.8. The van der Waals surface area contributed by atoms with Gasteiger partial charge in [-0.1, -0.05) is 6.08 Å². The van der Waals surface area contributed by atoms with Gasteiger partial charge in [0.1, 0.15) is 0 Å². The van der Waals surface area contributed by atoms with Crippen LogP contribution in [-0.4, -0.2) is 5.78 Å². The van der Waals surface area contributed by atoms with Gasteiger partial charge in [0.25, 0.3) is 0 Å². The van der Waals surface area contributed by atoms with Gasteiger partial charge in [-0.25, -0.2) is 0 Å². The summed E-state index contributed by atoms with van der Waals surface area (Å²) in [6, 6.07) is 0. The minimum Gasteiger partial charge on any atom is -0.368 e. The molecule has 0 spiro atoms. The van der Waals surface area contributed by atoms with Crippen LogP contribution in [-0.2, 0) is 4.79 Å². The van der Waals surface area contributed by atoms with Crippen LogP contribution in [0, 0.1) is 0 Å². The summed E-state index contributed by atoms with van der Waals surface area (Å²) < 4.78 is 0. The lowest BCUT2D eigenvalue weighted by Crippen LogP contribution is -1.89. The minimum atomic E-state index is 0.145. The third-order valence-corrected chi connectivity index (χ3v) is 0.899. The highest BCUT2D eigenvalue weighted by Crippen LogP contribution is 1.89. The number of hydrogen-bond donors (Lipinski definition) is 1. The van der Waals surface area contributed by atoms with Crippen molar-refractivity contribution in [2.45, 2.75) is 6.42 Å². The van der Waals surface area contributed by atoms with E-state index in [0.717, 1.165) is 0 Å². The average molecular weight is 109 g/mol. The lowest BCUT2D eigenvalue weighted by atomic mass is 10.3. The number of allylic oxidation sites excluding steroid dienone is 2. The smallest absolute Gasteiger partial charge is 0.160 e. The van der Waals surface area contributed by atoms with Crippen LogP contribution < -0.4 is 5.32 Å². The standard InChI is InChI=1S/C6H7NO/c8-6-2-1-4-7-5-3-6/h1,3-5,7H,2H2. The molecule has 0 radical (unpaired) electrons. The molecule has 0 saturated heterocycles. The van der Waals surface area contributed by atoms with Crippen LogP contribution in [0.25, 0.3) is 0 Å². The quantitative estimate of drug-likeness (QED) is 0.493. The molecule has 0 aliphatic carbocycles. The van der Waals surface area contributed by atoms with Crippen LogP contribution in [0.2, 0.25) is 0 Å². The van der Waals surface area contributed by atoms with Crippen LogP contribution in [0.15, 0.2) is 24.6 Å². The first kappa shape index (κ1) is 5.09.